The van der Waals surface area contributed by atoms with Gasteiger partial charge in [0.15, 0.2) is 12.4 Å². The number of ether oxygens (including phenoxy) is 1. The molecule has 33 heavy (non-hydrogen) atoms. The van der Waals surface area contributed by atoms with Crippen molar-refractivity contribution in [1.82, 2.24) is 9.66 Å². The molecule has 0 radical (unpaired) electrons. The molecule has 0 aliphatic heterocycles. The van der Waals surface area contributed by atoms with E-state index in [9.17, 15) is 9.59 Å². The van der Waals surface area contributed by atoms with Gasteiger partial charge in [-0.15, -0.1) is 0 Å². The molecule has 0 aliphatic carbocycles. The van der Waals surface area contributed by atoms with Crippen LogP contribution in [0.5, 0.6) is 5.75 Å². The second kappa shape index (κ2) is 10.2. The van der Waals surface area contributed by atoms with Crippen molar-refractivity contribution in [2.75, 3.05) is 12.0 Å². The Kier molecular flexibility index (Phi) is 6.75. The minimum absolute atomic E-state index is 0.0174. The minimum atomic E-state index is -0.556. The monoisotopic (exact) mass is 442 g/mol. The highest BCUT2D eigenvalue weighted by Gasteiger charge is 2.14. The third-order valence-electron chi connectivity index (χ3n) is 4.78. The molecular weight excluding hydrogens is 420 g/mol. The van der Waals surface area contributed by atoms with Crippen LogP contribution < -0.4 is 15.7 Å². The standard InChI is InChI=1S/C25H22N4O4/c1-18(19-10-4-2-5-11-19)28-33-17-24(30)27-29-23(16-32-20-12-6-3-7-13-20)26-22-15-9-8-14-21(22)25(29)31/h2-15H,16-17H2,1H3,(H,27,30). The molecule has 0 saturated heterocycles. The second-order valence-electron chi connectivity index (χ2n) is 7.14. The van der Waals surface area contributed by atoms with Gasteiger partial charge in [-0.2, -0.15) is 4.68 Å². The van der Waals surface area contributed by atoms with Crippen LogP contribution in [-0.4, -0.2) is 27.9 Å². The lowest BCUT2D eigenvalue weighted by Crippen LogP contribution is -2.38. The molecule has 0 spiro atoms. The molecule has 1 aromatic heterocycles. The van der Waals surface area contributed by atoms with Crippen molar-refractivity contribution in [3.63, 3.8) is 0 Å². The normalized spacial score (nSPS) is 11.2. The number of hydrogen-bond donors (Lipinski definition) is 1. The largest absolute Gasteiger partial charge is 0.486 e. The zero-order valence-electron chi connectivity index (χ0n) is 18.0. The van der Waals surface area contributed by atoms with Gasteiger partial charge in [-0.3, -0.25) is 15.0 Å². The van der Waals surface area contributed by atoms with Crippen molar-refractivity contribution in [3.05, 3.63) is 107 Å². The first-order valence-corrected chi connectivity index (χ1v) is 10.3. The van der Waals surface area contributed by atoms with Gasteiger partial charge in [0.1, 0.15) is 12.4 Å². The minimum Gasteiger partial charge on any atom is -0.486 e. The van der Waals surface area contributed by atoms with Crippen LogP contribution in [0.25, 0.3) is 10.9 Å². The SMILES string of the molecule is CC(=NOCC(=O)Nn1c(COc2ccccc2)nc2ccccc2c1=O)c1ccccc1. The lowest BCUT2D eigenvalue weighted by atomic mass is 10.1. The molecule has 166 valence electrons. The molecular formula is C25H22N4O4. The smallest absolute Gasteiger partial charge is 0.280 e. The van der Waals surface area contributed by atoms with Crippen LogP contribution >= 0.6 is 0 Å². The van der Waals surface area contributed by atoms with Crippen molar-refractivity contribution in [2.24, 2.45) is 5.16 Å². The third-order valence-corrected chi connectivity index (χ3v) is 4.78. The molecule has 1 heterocycles. The molecule has 4 rings (SSSR count). The topological polar surface area (TPSA) is 94.8 Å². The van der Waals surface area contributed by atoms with Gasteiger partial charge in [-0.1, -0.05) is 65.8 Å². The molecule has 1 amide bonds. The average molecular weight is 442 g/mol. The summed E-state index contributed by atoms with van der Waals surface area (Å²) in [6.45, 7) is 1.39. The van der Waals surface area contributed by atoms with Crippen molar-refractivity contribution in [1.29, 1.82) is 0 Å². The van der Waals surface area contributed by atoms with Gasteiger partial charge < -0.3 is 9.57 Å². The van der Waals surface area contributed by atoms with Crippen LogP contribution in [-0.2, 0) is 16.2 Å². The highest BCUT2D eigenvalue weighted by molar-refractivity contribution is 5.98. The number of carbonyl (C=O) groups excluding carboxylic acids is 1. The predicted molar refractivity (Wildman–Crippen MR) is 126 cm³/mol. The first-order chi connectivity index (χ1) is 16.1. The van der Waals surface area contributed by atoms with E-state index in [-0.39, 0.29) is 19.0 Å². The number of nitrogens with one attached hydrogen (secondary N) is 1. The number of carbonyl (C=O) groups is 1. The maximum Gasteiger partial charge on any atom is 0.280 e. The van der Waals surface area contributed by atoms with Crippen LogP contribution in [0.15, 0.2) is 94.9 Å². The number of para-hydroxylation sites is 2. The van der Waals surface area contributed by atoms with Crippen LogP contribution in [0.1, 0.15) is 18.3 Å². The molecule has 0 saturated carbocycles. The zero-order chi connectivity index (χ0) is 23.0. The molecule has 0 aliphatic rings. The Balaban J connectivity index is 1.52. The quantitative estimate of drug-likeness (QED) is 0.333. The summed E-state index contributed by atoms with van der Waals surface area (Å²) in [6, 6.07) is 25.5. The number of amides is 1. The highest BCUT2D eigenvalue weighted by atomic mass is 16.6. The molecule has 0 atom stereocenters. The van der Waals surface area contributed by atoms with Gasteiger partial charge in [0.25, 0.3) is 11.5 Å². The summed E-state index contributed by atoms with van der Waals surface area (Å²) in [4.78, 5) is 35.3. The van der Waals surface area contributed by atoms with E-state index in [0.717, 1.165) is 10.2 Å². The average Bonchev–Trinajstić information content (AvgIpc) is 2.86. The van der Waals surface area contributed by atoms with Crippen LogP contribution in [0.3, 0.4) is 0 Å². The summed E-state index contributed by atoms with van der Waals surface area (Å²) in [5.41, 5.74) is 4.16. The maximum absolute atomic E-state index is 13.0. The number of oxime groups is 1. The summed E-state index contributed by atoms with van der Waals surface area (Å²) in [7, 11) is 0. The molecule has 0 fully saturated rings. The third kappa shape index (κ3) is 5.43. The summed E-state index contributed by atoms with van der Waals surface area (Å²) in [6.07, 6.45) is 0. The van der Waals surface area contributed by atoms with E-state index in [1.165, 1.54) is 0 Å². The summed E-state index contributed by atoms with van der Waals surface area (Å²) >= 11 is 0. The lowest BCUT2D eigenvalue weighted by Gasteiger charge is -2.15. The van der Waals surface area contributed by atoms with Gasteiger partial charge in [0.2, 0.25) is 0 Å². The van der Waals surface area contributed by atoms with E-state index in [1.807, 2.05) is 48.5 Å². The Bertz CT molecular complexity index is 1340. The summed E-state index contributed by atoms with van der Waals surface area (Å²) in [5, 5.41) is 4.35. The Hall–Kier alpha value is -4.46. The first-order valence-electron chi connectivity index (χ1n) is 10.3. The number of fused-ring (bicyclic) bond motifs is 1. The van der Waals surface area contributed by atoms with E-state index in [4.69, 9.17) is 9.57 Å². The van der Waals surface area contributed by atoms with Gasteiger partial charge in [-0.25, -0.2) is 4.98 Å². The Morgan fingerprint density at radius 1 is 0.970 bits per heavy atom. The van der Waals surface area contributed by atoms with Crippen molar-refractivity contribution >= 4 is 22.5 Å². The van der Waals surface area contributed by atoms with Crippen molar-refractivity contribution in [3.8, 4) is 5.75 Å². The fourth-order valence-corrected chi connectivity index (χ4v) is 3.13. The predicted octanol–water partition coefficient (Wildman–Crippen LogP) is 3.49. The number of hydrogen-bond acceptors (Lipinski definition) is 6. The maximum atomic E-state index is 13.0. The van der Waals surface area contributed by atoms with Crippen LogP contribution in [0.2, 0.25) is 0 Å². The van der Waals surface area contributed by atoms with Gasteiger partial charge in [0, 0.05) is 0 Å². The molecule has 0 unspecified atom stereocenters. The fraction of sp³-hybridized carbons (Fsp3) is 0.120. The summed E-state index contributed by atoms with van der Waals surface area (Å²) < 4.78 is 6.84. The Morgan fingerprint density at radius 2 is 1.64 bits per heavy atom. The number of nitrogens with zero attached hydrogens (tertiary/aromatic N) is 3. The second-order valence-corrected chi connectivity index (χ2v) is 7.14. The van der Waals surface area contributed by atoms with Crippen molar-refractivity contribution in [2.45, 2.75) is 13.5 Å². The van der Waals surface area contributed by atoms with E-state index >= 15 is 0 Å². The number of aromatic nitrogens is 2. The molecule has 1 N–H and O–H groups in total. The highest BCUT2D eigenvalue weighted by Crippen LogP contribution is 2.12. The van der Waals surface area contributed by atoms with Crippen LogP contribution in [0.4, 0.5) is 0 Å². The molecule has 3 aromatic carbocycles. The first kappa shape index (κ1) is 21.8. The Morgan fingerprint density at radius 3 is 2.39 bits per heavy atom. The zero-order valence-corrected chi connectivity index (χ0v) is 18.0. The Labute approximate surface area is 190 Å². The van der Waals surface area contributed by atoms with E-state index < -0.39 is 11.5 Å². The molecule has 0 bridgehead atoms. The summed E-state index contributed by atoms with van der Waals surface area (Å²) in [5.74, 6) is 0.312. The van der Waals surface area contributed by atoms with Gasteiger partial charge in [-0.05, 0) is 36.8 Å². The number of rotatable bonds is 8. The lowest BCUT2D eigenvalue weighted by molar-refractivity contribution is -0.121. The van der Waals surface area contributed by atoms with Gasteiger partial charge in [0.05, 0.1) is 16.6 Å². The van der Waals surface area contributed by atoms with Crippen molar-refractivity contribution < 1.29 is 14.4 Å². The van der Waals surface area contributed by atoms with Crippen LogP contribution in [0, 0.1) is 0 Å². The van der Waals surface area contributed by atoms with Gasteiger partial charge >= 0.3 is 0 Å². The molecule has 8 nitrogen and oxygen atoms in total. The number of benzene rings is 3. The molecule has 4 aromatic rings. The van der Waals surface area contributed by atoms with E-state index in [2.05, 4.69) is 15.6 Å². The van der Waals surface area contributed by atoms with E-state index in [0.29, 0.717) is 22.4 Å². The molecule has 8 heteroatoms. The van der Waals surface area contributed by atoms with E-state index in [1.54, 1.807) is 43.3 Å². The fourth-order valence-electron chi connectivity index (χ4n) is 3.13.